The standard InChI is InChI=1S/C23H22N4O4S/c1-14-22(30)27(19-5-3-4-6-20(19)31-14)12-21(29)26-23-25-18(13-32-23)17-9-7-16(8-10-17)11-24-15(2)28/h3-10,13-14H,11-12H2,1-2H3,(H,24,28)(H,25,26,29). The van der Waals surface area contributed by atoms with Crippen molar-refractivity contribution in [1.29, 1.82) is 0 Å². The molecule has 2 N–H and O–H groups in total. The summed E-state index contributed by atoms with van der Waals surface area (Å²) >= 11 is 1.31. The number of rotatable bonds is 6. The summed E-state index contributed by atoms with van der Waals surface area (Å²) in [4.78, 5) is 42.2. The van der Waals surface area contributed by atoms with E-state index in [0.29, 0.717) is 23.1 Å². The van der Waals surface area contributed by atoms with Crippen LogP contribution in [0.4, 0.5) is 10.8 Å². The van der Waals surface area contributed by atoms with Gasteiger partial charge in [-0.15, -0.1) is 11.3 Å². The number of nitrogens with zero attached hydrogens (tertiary/aromatic N) is 2. The molecule has 9 heteroatoms. The monoisotopic (exact) mass is 450 g/mol. The Labute approximate surface area is 189 Å². The van der Waals surface area contributed by atoms with E-state index in [1.54, 1.807) is 25.1 Å². The summed E-state index contributed by atoms with van der Waals surface area (Å²) in [6, 6.07) is 14.8. The van der Waals surface area contributed by atoms with Gasteiger partial charge in [-0.3, -0.25) is 19.3 Å². The lowest BCUT2D eigenvalue weighted by molar-refractivity contribution is -0.127. The van der Waals surface area contributed by atoms with Crippen LogP contribution in [0, 0.1) is 0 Å². The molecule has 0 radical (unpaired) electrons. The fourth-order valence-corrected chi connectivity index (χ4v) is 4.04. The van der Waals surface area contributed by atoms with E-state index < -0.39 is 6.10 Å². The number of benzene rings is 2. The smallest absolute Gasteiger partial charge is 0.268 e. The van der Waals surface area contributed by atoms with Gasteiger partial charge in [-0.25, -0.2) is 4.98 Å². The quantitative estimate of drug-likeness (QED) is 0.601. The minimum atomic E-state index is -0.655. The third-order valence-corrected chi connectivity index (χ3v) is 5.67. The highest BCUT2D eigenvalue weighted by molar-refractivity contribution is 7.14. The van der Waals surface area contributed by atoms with Crippen LogP contribution >= 0.6 is 11.3 Å². The summed E-state index contributed by atoms with van der Waals surface area (Å²) in [7, 11) is 0. The average molecular weight is 451 g/mol. The van der Waals surface area contributed by atoms with Gasteiger partial charge in [0.2, 0.25) is 11.8 Å². The Morgan fingerprint density at radius 1 is 1.16 bits per heavy atom. The highest BCUT2D eigenvalue weighted by atomic mass is 32.1. The van der Waals surface area contributed by atoms with E-state index in [0.717, 1.165) is 16.8 Å². The predicted molar refractivity (Wildman–Crippen MR) is 123 cm³/mol. The van der Waals surface area contributed by atoms with Gasteiger partial charge in [-0.2, -0.15) is 0 Å². The predicted octanol–water partition coefficient (Wildman–Crippen LogP) is 3.20. The number of para-hydroxylation sites is 2. The number of carbonyl (C=O) groups is 3. The molecule has 3 aromatic rings. The first-order chi connectivity index (χ1) is 15.4. The van der Waals surface area contributed by atoms with E-state index in [9.17, 15) is 14.4 Å². The number of aromatic nitrogens is 1. The van der Waals surface area contributed by atoms with Gasteiger partial charge in [0, 0.05) is 24.4 Å². The zero-order valence-electron chi connectivity index (χ0n) is 17.6. The van der Waals surface area contributed by atoms with Crippen LogP contribution in [0.3, 0.4) is 0 Å². The molecule has 1 aliphatic heterocycles. The zero-order chi connectivity index (χ0) is 22.7. The molecule has 32 heavy (non-hydrogen) atoms. The lowest BCUT2D eigenvalue weighted by Crippen LogP contribution is -2.47. The minimum Gasteiger partial charge on any atom is -0.479 e. The molecule has 1 unspecified atom stereocenters. The Bertz CT molecular complexity index is 1160. The van der Waals surface area contributed by atoms with Crippen molar-refractivity contribution < 1.29 is 19.1 Å². The molecule has 2 aromatic carbocycles. The second kappa shape index (κ2) is 9.19. The minimum absolute atomic E-state index is 0.0781. The summed E-state index contributed by atoms with van der Waals surface area (Å²) in [5, 5.41) is 7.84. The molecular formula is C23H22N4O4S. The van der Waals surface area contributed by atoms with Crippen molar-refractivity contribution in [2.75, 3.05) is 16.8 Å². The van der Waals surface area contributed by atoms with Crippen molar-refractivity contribution in [3.8, 4) is 17.0 Å². The second-order valence-electron chi connectivity index (χ2n) is 7.34. The highest BCUT2D eigenvalue weighted by Gasteiger charge is 2.32. The number of fused-ring (bicyclic) bond motifs is 1. The molecule has 0 fully saturated rings. The Morgan fingerprint density at radius 3 is 2.66 bits per heavy atom. The zero-order valence-corrected chi connectivity index (χ0v) is 18.4. The molecule has 0 saturated heterocycles. The van der Waals surface area contributed by atoms with Crippen molar-refractivity contribution in [2.45, 2.75) is 26.5 Å². The van der Waals surface area contributed by atoms with E-state index in [1.165, 1.54) is 23.2 Å². The van der Waals surface area contributed by atoms with Crippen molar-refractivity contribution >= 4 is 39.9 Å². The van der Waals surface area contributed by atoms with Gasteiger partial charge in [0.15, 0.2) is 11.2 Å². The van der Waals surface area contributed by atoms with Crippen LogP contribution in [-0.2, 0) is 20.9 Å². The maximum atomic E-state index is 12.6. The van der Waals surface area contributed by atoms with Gasteiger partial charge < -0.3 is 15.4 Å². The Hall–Kier alpha value is -3.72. The summed E-state index contributed by atoms with van der Waals surface area (Å²) < 4.78 is 5.61. The van der Waals surface area contributed by atoms with E-state index in [1.807, 2.05) is 35.7 Å². The molecule has 0 saturated carbocycles. The third-order valence-electron chi connectivity index (χ3n) is 4.92. The Morgan fingerprint density at radius 2 is 1.91 bits per heavy atom. The number of hydrogen-bond acceptors (Lipinski definition) is 6. The van der Waals surface area contributed by atoms with Gasteiger partial charge in [0.25, 0.3) is 5.91 Å². The van der Waals surface area contributed by atoms with Crippen molar-refractivity contribution in [3.63, 3.8) is 0 Å². The lowest BCUT2D eigenvalue weighted by atomic mass is 10.1. The maximum Gasteiger partial charge on any atom is 0.268 e. The number of anilines is 2. The van der Waals surface area contributed by atoms with Crippen LogP contribution in [0.1, 0.15) is 19.4 Å². The summed E-state index contributed by atoms with van der Waals surface area (Å²) in [6.45, 7) is 3.48. The lowest BCUT2D eigenvalue weighted by Gasteiger charge is -2.32. The molecule has 164 valence electrons. The average Bonchev–Trinajstić information content (AvgIpc) is 3.24. The Balaban J connectivity index is 1.41. The summed E-state index contributed by atoms with van der Waals surface area (Å²) in [6.07, 6.45) is -0.655. The van der Waals surface area contributed by atoms with Gasteiger partial charge >= 0.3 is 0 Å². The van der Waals surface area contributed by atoms with Gasteiger partial charge in [0.05, 0.1) is 11.4 Å². The summed E-state index contributed by atoms with van der Waals surface area (Å²) in [5.41, 5.74) is 3.19. The van der Waals surface area contributed by atoms with Crippen molar-refractivity contribution in [3.05, 3.63) is 59.5 Å². The molecule has 4 rings (SSSR count). The summed E-state index contributed by atoms with van der Waals surface area (Å²) in [5.74, 6) is -0.108. The molecule has 2 heterocycles. The molecule has 0 bridgehead atoms. The van der Waals surface area contributed by atoms with Crippen LogP contribution in [-0.4, -0.2) is 35.4 Å². The SMILES string of the molecule is CC(=O)NCc1ccc(-c2csc(NC(=O)CN3C(=O)C(C)Oc4ccccc43)n2)cc1. The fraction of sp³-hybridized carbons (Fsp3) is 0.217. The van der Waals surface area contributed by atoms with Crippen molar-refractivity contribution in [1.82, 2.24) is 10.3 Å². The Kier molecular flexibility index (Phi) is 6.18. The number of hydrogen-bond donors (Lipinski definition) is 2. The molecule has 1 aromatic heterocycles. The first-order valence-corrected chi connectivity index (χ1v) is 10.9. The fourth-order valence-electron chi connectivity index (χ4n) is 3.31. The van der Waals surface area contributed by atoms with Crippen LogP contribution < -0.4 is 20.3 Å². The molecule has 1 aliphatic rings. The van der Waals surface area contributed by atoms with Crippen LogP contribution in [0.5, 0.6) is 5.75 Å². The van der Waals surface area contributed by atoms with Gasteiger partial charge in [-0.1, -0.05) is 36.4 Å². The third kappa shape index (κ3) is 4.78. The number of thiazole rings is 1. The van der Waals surface area contributed by atoms with E-state index in [-0.39, 0.29) is 24.3 Å². The van der Waals surface area contributed by atoms with Crippen molar-refractivity contribution in [2.24, 2.45) is 0 Å². The number of carbonyl (C=O) groups excluding carboxylic acids is 3. The van der Waals surface area contributed by atoms with Gasteiger partial charge in [0.1, 0.15) is 12.3 Å². The topological polar surface area (TPSA) is 101 Å². The maximum absolute atomic E-state index is 12.6. The van der Waals surface area contributed by atoms with E-state index in [2.05, 4.69) is 15.6 Å². The number of ether oxygens (including phenoxy) is 1. The molecule has 0 spiro atoms. The highest BCUT2D eigenvalue weighted by Crippen LogP contribution is 2.33. The normalized spacial score (nSPS) is 15.0. The van der Waals surface area contributed by atoms with Gasteiger partial charge in [-0.05, 0) is 24.6 Å². The van der Waals surface area contributed by atoms with Crippen LogP contribution in [0.25, 0.3) is 11.3 Å². The first-order valence-electron chi connectivity index (χ1n) is 10.1. The second-order valence-corrected chi connectivity index (χ2v) is 8.20. The van der Waals surface area contributed by atoms with Crippen LogP contribution in [0.2, 0.25) is 0 Å². The molecule has 0 aliphatic carbocycles. The van der Waals surface area contributed by atoms with E-state index in [4.69, 9.17) is 4.74 Å². The molecule has 1 atom stereocenters. The first kappa shape index (κ1) is 21.5. The molecule has 3 amide bonds. The van der Waals surface area contributed by atoms with E-state index >= 15 is 0 Å². The van der Waals surface area contributed by atoms with Crippen LogP contribution in [0.15, 0.2) is 53.9 Å². The molecular weight excluding hydrogens is 428 g/mol. The number of amides is 3. The number of nitrogens with one attached hydrogen (secondary N) is 2. The largest absolute Gasteiger partial charge is 0.479 e. The molecule has 8 nitrogen and oxygen atoms in total.